The van der Waals surface area contributed by atoms with Crippen LogP contribution in [0.5, 0.6) is 0 Å². The maximum Gasteiger partial charge on any atom is 0.310 e. The number of aliphatic carboxylic acids is 1. The molecule has 0 saturated heterocycles. The Hall–Kier alpha value is -1.38. The Balaban J connectivity index is 3.24. The normalized spacial score (nSPS) is 13.6. The molecule has 1 rings (SSSR count). The van der Waals surface area contributed by atoms with E-state index in [1.807, 2.05) is 6.92 Å². The fourth-order valence-corrected chi connectivity index (χ4v) is 1.61. The van der Waals surface area contributed by atoms with Crippen molar-refractivity contribution in [1.82, 2.24) is 0 Å². The first-order valence-corrected chi connectivity index (χ1v) is 5.26. The quantitative estimate of drug-likeness (QED) is 0.854. The lowest BCUT2D eigenvalue weighted by molar-refractivity contribution is -0.138. The Morgan fingerprint density at radius 3 is 2.44 bits per heavy atom. The number of carboxylic acid groups (broad SMARTS) is 1. The number of alkyl halides is 1. The second-order valence-electron chi connectivity index (χ2n) is 4.60. The highest BCUT2D eigenvalue weighted by Gasteiger charge is 2.22. The van der Waals surface area contributed by atoms with Crippen LogP contribution < -0.4 is 0 Å². The molecule has 0 amide bonds. The van der Waals surface area contributed by atoms with Gasteiger partial charge in [-0.15, -0.1) is 0 Å². The zero-order valence-corrected chi connectivity index (χ0v) is 10.0. The molecular weight excluding hydrogens is 207 g/mol. The van der Waals surface area contributed by atoms with E-state index in [0.29, 0.717) is 11.1 Å². The van der Waals surface area contributed by atoms with Gasteiger partial charge in [-0.3, -0.25) is 4.79 Å². The second-order valence-corrected chi connectivity index (χ2v) is 4.60. The summed E-state index contributed by atoms with van der Waals surface area (Å²) in [7, 11) is 0. The largest absolute Gasteiger partial charge is 0.481 e. The second kappa shape index (κ2) is 4.24. The Kier molecular flexibility index (Phi) is 3.36. The topological polar surface area (TPSA) is 37.3 Å². The molecular formula is C13H17FO2. The molecule has 1 atom stereocenters. The monoisotopic (exact) mass is 224 g/mol. The lowest BCUT2D eigenvalue weighted by Gasteiger charge is -2.18. The van der Waals surface area contributed by atoms with Crippen molar-refractivity contribution in [2.45, 2.75) is 39.3 Å². The summed E-state index contributed by atoms with van der Waals surface area (Å²) >= 11 is 0. The first-order chi connectivity index (χ1) is 7.23. The first kappa shape index (κ1) is 12.7. The maximum atomic E-state index is 13.8. The van der Waals surface area contributed by atoms with Gasteiger partial charge < -0.3 is 5.11 Å². The molecule has 0 radical (unpaired) electrons. The van der Waals surface area contributed by atoms with Crippen LogP contribution in [0, 0.1) is 6.92 Å². The summed E-state index contributed by atoms with van der Waals surface area (Å²) in [4.78, 5) is 10.9. The smallest absolute Gasteiger partial charge is 0.310 e. The molecule has 0 aliphatic carbocycles. The van der Waals surface area contributed by atoms with Crippen LogP contribution in [0.3, 0.4) is 0 Å². The van der Waals surface area contributed by atoms with Gasteiger partial charge >= 0.3 is 5.97 Å². The van der Waals surface area contributed by atoms with Gasteiger partial charge in [-0.05, 0) is 44.4 Å². The van der Waals surface area contributed by atoms with Crippen LogP contribution in [0.25, 0.3) is 0 Å². The minimum absolute atomic E-state index is 0.515. The molecule has 0 heterocycles. The lowest BCUT2D eigenvalue weighted by atomic mass is 9.90. The van der Waals surface area contributed by atoms with Crippen LogP contribution in [-0.4, -0.2) is 11.1 Å². The van der Waals surface area contributed by atoms with Gasteiger partial charge in [-0.1, -0.05) is 18.2 Å². The Morgan fingerprint density at radius 2 is 2.00 bits per heavy atom. The Morgan fingerprint density at radius 1 is 1.44 bits per heavy atom. The molecule has 1 N–H and O–H groups in total. The van der Waals surface area contributed by atoms with E-state index in [9.17, 15) is 9.18 Å². The fraction of sp³-hybridized carbons (Fsp3) is 0.462. The number of hydrogen-bond donors (Lipinski definition) is 1. The molecule has 1 aromatic rings. The number of halogens is 1. The van der Waals surface area contributed by atoms with Crippen LogP contribution in [0.4, 0.5) is 4.39 Å². The predicted octanol–water partition coefficient (Wildman–Crippen LogP) is 3.39. The highest BCUT2D eigenvalue weighted by atomic mass is 19.1. The van der Waals surface area contributed by atoms with Crippen LogP contribution in [0.2, 0.25) is 0 Å². The molecule has 0 spiro atoms. The van der Waals surface area contributed by atoms with E-state index in [-0.39, 0.29) is 0 Å². The molecule has 0 aliphatic heterocycles. The van der Waals surface area contributed by atoms with E-state index in [4.69, 9.17) is 5.11 Å². The third kappa shape index (κ3) is 2.60. The summed E-state index contributed by atoms with van der Waals surface area (Å²) in [5, 5.41) is 8.96. The van der Waals surface area contributed by atoms with E-state index >= 15 is 0 Å². The van der Waals surface area contributed by atoms with Crippen LogP contribution in [0.1, 0.15) is 43.4 Å². The SMILES string of the molecule is Cc1ccc(C(C)(C)F)cc1C(C)C(=O)O. The van der Waals surface area contributed by atoms with Crippen molar-refractivity contribution < 1.29 is 14.3 Å². The van der Waals surface area contributed by atoms with Gasteiger partial charge in [0, 0.05) is 0 Å². The average Bonchev–Trinajstić information content (AvgIpc) is 2.15. The molecule has 1 unspecified atom stereocenters. The van der Waals surface area contributed by atoms with Crippen molar-refractivity contribution in [2.24, 2.45) is 0 Å². The molecule has 88 valence electrons. The van der Waals surface area contributed by atoms with Gasteiger partial charge in [0.25, 0.3) is 0 Å². The molecule has 0 fully saturated rings. The number of carbonyl (C=O) groups is 1. The Labute approximate surface area is 95.1 Å². The average molecular weight is 224 g/mol. The van der Waals surface area contributed by atoms with E-state index in [2.05, 4.69) is 0 Å². The Bertz CT molecular complexity index is 405. The maximum absolute atomic E-state index is 13.8. The van der Waals surface area contributed by atoms with Crippen molar-refractivity contribution >= 4 is 5.97 Å². The summed E-state index contributed by atoms with van der Waals surface area (Å²) in [5.74, 6) is -1.50. The minimum Gasteiger partial charge on any atom is -0.481 e. The summed E-state index contributed by atoms with van der Waals surface area (Å²) in [6.07, 6.45) is 0. The van der Waals surface area contributed by atoms with Gasteiger partial charge in [-0.25, -0.2) is 4.39 Å². The number of hydrogen-bond acceptors (Lipinski definition) is 1. The summed E-state index contributed by atoms with van der Waals surface area (Å²) in [5.41, 5.74) is 0.626. The van der Waals surface area contributed by atoms with Crippen molar-refractivity contribution in [3.63, 3.8) is 0 Å². The van der Waals surface area contributed by atoms with Crippen LogP contribution in [0.15, 0.2) is 18.2 Å². The number of carboxylic acids is 1. The van der Waals surface area contributed by atoms with E-state index in [0.717, 1.165) is 5.56 Å². The molecule has 0 bridgehead atoms. The molecule has 0 aromatic heterocycles. The number of aryl methyl sites for hydroxylation is 1. The third-order valence-electron chi connectivity index (χ3n) is 2.80. The van der Waals surface area contributed by atoms with Crippen LogP contribution >= 0.6 is 0 Å². The third-order valence-corrected chi connectivity index (χ3v) is 2.80. The minimum atomic E-state index is -1.44. The highest BCUT2D eigenvalue weighted by molar-refractivity contribution is 5.76. The molecule has 16 heavy (non-hydrogen) atoms. The zero-order chi connectivity index (χ0) is 12.5. The molecule has 1 aromatic carbocycles. The fourth-order valence-electron chi connectivity index (χ4n) is 1.61. The van der Waals surface area contributed by atoms with Crippen LogP contribution in [-0.2, 0) is 10.5 Å². The van der Waals surface area contributed by atoms with Crippen molar-refractivity contribution in [2.75, 3.05) is 0 Å². The van der Waals surface area contributed by atoms with Gasteiger partial charge in [0.1, 0.15) is 5.67 Å². The van der Waals surface area contributed by atoms with E-state index in [1.165, 1.54) is 13.8 Å². The van der Waals surface area contributed by atoms with Crippen molar-refractivity contribution in [3.8, 4) is 0 Å². The molecule has 0 aliphatic rings. The van der Waals surface area contributed by atoms with Gasteiger partial charge in [0.15, 0.2) is 0 Å². The number of rotatable bonds is 3. The van der Waals surface area contributed by atoms with E-state index < -0.39 is 17.6 Å². The molecule has 2 nitrogen and oxygen atoms in total. The van der Waals surface area contributed by atoms with Gasteiger partial charge in [-0.2, -0.15) is 0 Å². The van der Waals surface area contributed by atoms with Crippen molar-refractivity contribution in [3.05, 3.63) is 34.9 Å². The first-order valence-electron chi connectivity index (χ1n) is 5.26. The number of benzene rings is 1. The lowest BCUT2D eigenvalue weighted by Crippen LogP contribution is -2.13. The van der Waals surface area contributed by atoms with Crippen molar-refractivity contribution in [1.29, 1.82) is 0 Å². The summed E-state index contributed by atoms with van der Waals surface area (Å²) in [6, 6.07) is 5.12. The van der Waals surface area contributed by atoms with E-state index in [1.54, 1.807) is 25.1 Å². The highest BCUT2D eigenvalue weighted by Crippen LogP contribution is 2.29. The standard InChI is InChI=1S/C13H17FO2/c1-8-5-6-10(13(3,4)14)7-11(8)9(2)12(15)16/h5-7,9H,1-4H3,(H,15,16). The predicted molar refractivity (Wildman–Crippen MR) is 61.4 cm³/mol. The molecule has 0 saturated carbocycles. The van der Waals surface area contributed by atoms with Gasteiger partial charge in [0.05, 0.1) is 5.92 Å². The summed E-state index contributed by atoms with van der Waals surface area (Å²) in [6.45, 7) is 6.38. The molecule has 3 heteroatoms. The van der Waals surface area contributed by atoms with Gasteiger partial charge in [0.2, 0.25) is 0 Å². The zero-order valence-electron chi connectivity index (χ0n) is 10.0. The summed E-state index contributed by atoms with van der Waals surface area (Å²) < 4.78 is 13.8.